The second-order valence-corrected chi connectivity index (χ2v) is 6.36. The fourth-order valence-electron chi connectivity index (χ4n) is 2.52. The van der Waals surface area contributed by atoms with E-state index in [9.17, 15) is 5.11 Å². The summed E-state index contributed by atoms with van der Waals surface area (Å²) in [6.07, 6.45) is 1.11. The lowest BCUT2D eigenvalue weighted by Crippen LogP contribution is -2.25. The molecule has 132 valence electrons. The van der Waals surface area contributed by atoms with Gasteiger partial charge in [0.2, 0.25) is 0 Å². The first-order valence-corrected chi connectivity index (χ1v) is 8.52. The van der Waals surface area contributed by atoms with Gasteiger partial charge in [0.15, 0.2) is 5.65 Å². The van der Waals surface area contributed by atoms with E-state index in [1.54, 1.807) is 10.7 Å². The molecule has 0 spiro atoms. The number of nitrogens with one attached hydrogen (secondary N) is 1. The fraction of sp³-hybridized carbons (Fsp3) is 0.368. The first-order valence-electron chi connectivity index (χ1n) is 8.52. The molecule has 0 bridgehead atoms. The highest BCUT2D eigenvalue weighted by Gasteiger charge is 2.11. The predicted molar refractivity (Wildman–Crippen MR) is 97.7 cm³/mol. The van der Waals surface area contributed by atoms with Crippen molar-refractivity contribution in [3.05, 3.63) is 59.9 Å². The average Bonchev–Trinajstić information content (AvgIpc) is 3.09. The number of aromatic nitrogens is 3. The van der Waals surface area contributed by atoms with Gasteiger partial charge in [-0.3, -0.25) is 0 Å². The molecule has 0 saturated heterocycles. The minimum Gasteiger partial charge on any atom is -0.389 e. The number of aliphatic hydroxyl groups is 1. The molecule has 6 heteroatoms. The van der Waals surface area contributed by atoms with Gasteiger partial charge in [0, 0.05) is 24.4 Å². The van der Waals surface area contributed by atoms with Gasteiger partial charge in [-0.1, -0.05) is 44.2 Å². The van der Waals surface area contributed by atoms with E-state index in [1.807, 2.05) is 42.5 Å². The summed E-state index contributed by atoms with van der Waals surface area (Å²) < 4.78 is 7.32. The molecule has 0 aliphatic rings. The number of nitrogens with zero attached hydrogens (tertiary/aromatic N) is 3. The van der Waals surface area contributed by atoms with E-state index >= 15 is 0 Å². The maximum Gasteiger partial charge on any atom is 0.157 e. The number of aliphatic hydroxyl groups excluding tert-OH is 1. The third-order valence-electron chi connectivity index (χ3n) is 3.91. The van der Waals surface area contributed by atoms with E-state index in [1.165, 1.54) is 0 Å². The van der Waals surface area contributed by atoms with Crippen molar-refractivity contribution in [3.8, 4) is 0 Å². The van der Waals surface area contributed by atoms with Crippen LogP contribution in [0.1, 0.15) is 31.0 Å². The van der Waals surface area contributed by atoms with Crippen LogP contribution in [0.15, 0.2) is 48.7 Å². The topological polar surface area (TPSA) is 71.7 Å². The lowest BCUT2D eigenvalue weighted by Gasteiger charge is -2.15. The van der Waals surface area contributed by atoms with Crippen molar-refractivity contribution in [1.29, 1.82) is 0 Å². The lowest BCUT2D eigenvalue weighted by molar-refractivity contribution is 0.0348. The molecule has 1 aromatic carbocycles. The van der Waals surface area contributed by atoms with Crippen LogP contribution in [-0.2, 0) is 11.3 Å². The summed E-state index contributed by atoms with van der Waals surface area (Å²) in [5.41, 5.74) is 2.88. The average molecular weight is 340 g/mol. The number of benzene rings is 1. The van der Waals surface area contributed by atoms with Gasteiger partial charge in [-0.2, -0.15) is 9.61 Å². The Morgan fingerprint density at radius 3 is 2.76 bits per heavy atom. The normalized spacial score (nSPS) is 12.6. The summed E-state index contributed by atoms with van der Waals surface area (Å²) in [5, 5.41) is 17.7. The Hall–Kier alpha value is -2.44. The summed E-state index contributed by atoms with van der Waals surface area (Å²) in [4.78, 5) is 4.58. The van der Waals surface area contributed by atoms with Crippen molar-refractivity contribution in [2.24, 2.45) is 0 Å². The molecule has 2 aromatic heterocycles. The Labute approximate surface area is 147 Å². The van der Waals surface area contributed by atoms with Crippen LogP contribution in [0.5, 0.6) is 0 Å². The minimum atomic E-state index is -0.606. The van der Waals surface area contributed by atoms with Crippen LogP contribution in [0.3, 0.4) is 0 Å². The summed E-state index contributed by atoms with van der Waals surface area (Å²) in [6.45, 7) is 5.35. The van der Waals surface area contributed by atoms with Crippen molar-refractivity contribution in [1.82, 2.24) is 14.6 Å². The maximum absolute atomic E-state index is 10.2. The van der Waals surface area contributed by atoms with E-state index in [2.05, 4.69) is 29.2 Å². The van der Waals surface area contributed by atoms with Crippen LogP contribution in [-0.4, -0.2) is 39.0 Å². The van der Waals surface area contributed by atoms with Crippen molar-refractivity contribution >= 4 is 11.5 Å². The zero-order valence-corrected chi connectivity index (χ0v) is 14.6. The van der Waals surface area contributed by atoms with Gasteiger partial charge in [0.1, 0.15) is 5.82 Å². The Balaban J connectivity index is 1.55. The lowest BCUT2D eigenvalue weighted by atomic mass is 10.1. The molecule has 3 rings (SSSR count). The van der Waals surface area contributed by atoms with Crippen molar-refractivity contribution in [2.45, 2.75) is 32.5 Å². The van der Waals surface area contributed by atoms with E-state index in [-0.39, 0.29) is 6.61 Å². The predicted octanol–water partition coefficient (Wildman–Crippen LogP) is 2.84. The van der Waals surface area contributed by atoms with Crippen LogP contribution >= 0.6 is 0 Å². The summed E-state index contributed by atoms with van der Waals surface area (Å²) in [7, 11) is 0. The molecule has 0 radical (unpaired) electrons. The number of rotatable bonds is 8. The molecule has 0 aliphatic carbocycles. The molecule has 1 atom stereocenters. The highest BCUT2D eigenvalue weighted by Crippen LogP contribution is 2.18. The Morgan fingerprint density at radius 2 is 2.00 bits per heavy atom. The van der Waals surface area contributed by atoms with Gasteiger partial charge in [-0.25, -0.2) is 4.98 Å². The van der Waals surface area contributed by atoms with E-state index in [0.29, 0.717) is 19.1 Å². The van der Waals surface area contributed by atoms with Crippen LogP contribution in [0.2, 0.25) is 0 Å². The van der Waals surface area contributed by atoms with Crippen LogP contribution in [0, 0.1) is 0 Å². The third-order valence-corrected chi connectivity index (χ3v) is 3.91. The second kappa shape index (κ2) is 8.09. The van der Waals surface area contributed by atoms with Gasteiger partial charge in [0.25, 0.3) is 0 Å². The highest BCUT2D eigenvalue weighted by molar-refractivity contribution is 5.49. The standard InChI is InChI=1S/C19H24N4O2/c1-14(2)17-10-19(23-18(22-17)8-9-21-23)20-11-16(24)13-25-12-15-6-4-3-5-7-15/h3-10,14,16,20,24H,11-13H2,1-2H3. The zero-order chi connectivity index (χ0) is 17.6. The van der Waals surface area contributed by atoms with Gasteiger partial charge < -0.3 is 15.2 Å². The number of hydrogen-bond acceptors (Lipinski definition) is 5. The van der Waals surface area contributed by atoms with Crippen molar-refractivity contribution < 1.29 is 9.84 Å². The van der Waals surface area contributed by atoms with Gasteiger partial charge in [-0.15, -0.1) is 0 Å². The molecule has 25 heavy (non-hydrogen) atoms. The first kappa shape index (κ1) is 17.4. The smallest absolute Gasteiger partial charge is 0.157 e. The van der Waals surface area contributed by atoms with Crippen LogP contribution < -0.4 is 5.32 Å². The maximum atomic E-state index is 10.2. The largest absolute Gasteiger partial charge is 0.389 e. The molecular weight excluding hydrogens is 316 g/mol. The molecule has 0 aliphatic heterocycles. The van der Waals surface area contributed by atoms with E-state index in [0.717, 1.165) is 22.7 Å². The molecule has 0 saturated carbocycles. The van der Waals surface area contributed by atoms with Crippen molar-refractivity contribution in [2.75, 3.05) is 18.5 Å². The molecule has 6 nitrogen and oxygen atoms in total. The third kappa shape index (κ3) is 4.55. The number of ether oxygens (including phenoxy) is 1. The van der Waals surface area contributed by atoms with E-state index < -0.39 is 6.10 Å². The summed E-state index contributed by atoms with van der Waals surface area (Å²) in [6, 6.07) is 13.8. The minimum absolute atomic E-state index is 0.270. The Kier molecular flexibility index (Phi) is 5.63. The molecule has 0 fully saturated rings. The highest BCUT2D eigenvalue weighted by atomic mass is 16.5. The summed E-state index contributed by atoms with van der Waals surface area (Å²) in [5.74, 6) is 1.14. The molecule has 3 aromatic rings. The Morgan fingerprint density at radius 1 is 1.20 bits per heavy atom. The molecule has 2 heterocycles. The fourth-order valence-corrected chi connectivity index (χ4v) is 2.52. The van der Waals surface area contributed by atoms with Crippen molar-refractivity contribution in [3.63, 3.8) is 0 Å². The second-order valence-electron chi connectivity index (χ2n) is 6.36. The SMILES string of the molecule is CC(C)c1cc(NCC(O)COCc2ccccc2)n2nccc2n1. The quantitative estimate of drug-likeness (QED) is 0.660. The molecule has 1 unspecified atom stereocenters. The van der Waals surface area contributed by atoms with Crippen LogP contribution in [0.25, 0.3) is 5.65 Å². The molecule has 0 amide bonds. The Bertz CT molecular complexity index is 802. The van der Waals surface area contributed by atoms with Gasteiger partial charge in [0.05, 0.1) is 25.5 Å². The molecular formula is C19H24N4O2. The van der Waals surface area contributed by atoms with Gasteiger partial charge >= 0.3 is 0 Å². The molecule has 2 N–H and O–H groups in total. The van der Waals surface area contributed by atoms with Crippen LogP contribution in [0.4, 0.5) is 5.82 Å². The van der Waals surface area contributed by atoms with Gasteiger partial charge in [-0.05, 0) is 11.5 Å². The van der Waals surface area contributed by atoms with E-state index in [4.69, 9.17) is 4.74 Å². The summed E-state index contributed by atoms with van der Waals surface area (Å²) >= 11 is 0. The zero-order valence-electron chi connectivity index (χ0n) is 14.6. The number of anilines is 1. The number of hydrogen-bond donors (Lipinski definition) is 2. The monoisotopic (exact) mass is 340 g/mol. The first-order chi connectivity index (χ1) is 12.1. The number of fused-ring (bicyclic) bond motifs is 1.